The molecule has 1 atom stereocenters. The largest absolute Gasteiger partial charge is 0.507 e. The summed E-state index contributed by atoms with van der Waals surface area (Å²) < 4.78 is 0. The number of aliphatic hydroxyl groups excluding tert-OH is 1. The zero-order chi connectivity index (χ0) is 22.3. The van der Waals surface area contributed by atoms with Gasteiger partial charge in [-0.1, -0.05) is 86.7 Å². The molecule has 2 heterocycles. The second kappa shape index (κ2) is 7.74. The molecule has 1 aromatic heterocycles. The molecule has 1 saturated heterocycles. The van der Waals surface area contributed by atoms with Crippen molar-refractivity contribution in [1.29, 1.82) is 0 Å². The Kier molecular flexibility index (Phi) is 5.23. The van der Waals surface area contributed by atoms with Crippen LogP contribution in [0.1, 0.15) is 48.5 Å². The summed E-state index contributed by atoms with van der Waals surface area (Å²) in [6.07, 6.45) is 0. The molecule has 31 heavy (non-hydrogen) atoms. The van der Waals surface area contributed by atoms with Crippen LogP contribution in [0.4, 0.5) is 5.13 Å². The van der Waals surface area contributed by atoms with E-state index in [2.05, 4.69) is 31.0 Å². The Morgan fingerprint density at radius 1 is 1.00 bits per heavy atom. The van der Waals surface area contributed by atoms with Gasteiger partial charge in [-0.25, -0.2) is 0 Å². The number of aliphatic hydroxyl groups is 1. The Balaban J connectivity index is 1.91. The second-order valence-electron chi connectivity index (χ2n) is 8.51. The van der Waals surface area contributed by atoms with Crippen LogP contribution in [-0.4, -0.2) is 27.0 Å². The molecule has 1 amide bonds. The van der Waals surface area contributed by atoms with Crippen LogP contribution in [-0.2, 0) is 15.0 Å². The molecule has 7 heteroatoms. The van der Waals surface area contributed by atoms with E-state index in [0.717, 1.165) is 11.1 Å². The van der Waals surface area contributed by atoms with Crippen LogP contribution in [0, 0.1) is 6.92 Å². The second-order valence-corrected chi connectivity index (χ2v) is 9.67. The summed E-state index contributed by atoms with van der Waals surface area (Å²) in [6.45, 7) is 8.14. The lowest BCUT2D eigenvalue weighted by Crippen LogP contribution is -2.29. The Labute approximate surface area is 184 Å². The molecule has 0 unspecified atom stereocenters. The van der Waals surface area contributed by atoms with Crippen molar-refractivity contribution in [3.63, 3.8) is 0 Å². The van der Waals surface area contributed by atoms with E-state index in [-0.39, 0.29) is 16.7 Å². The lowest BCUT2D eigenvalue weighted by Gasteiger charge is -2.24. The van der Waals surface area contributed by atoms with Crippen LogP contribution in [0.3, 0.4) is 0 Å². The number of amides is 1. The number of anilines is 1. The quantitative estimate of drug-likeness (QED) is 0.365. The van der Waals surface area contributed by atoms with Gasteiger partial charge in [0.25, 0.3) is 5.78 Å². The number of benzene rings is 2. The zero-order valence-electron chi connectivity index (χ0n) is 17.8. The number of carbonyl (C=O) groups is 2. The molecule has 1 aliphatic heterocycles. The minimum atomic E-state index is -0.790. The van der Waals surface area contributed by atoms with Gasteiger partial charge in [0, 0.05) is 5.56 Å². The molecule has 3 aromatic rings. The third-order valence-corrected chi connectivity index (χ3v) is 6.14. The van der Waals surface area contributed by atoms with E-state index in [4.69, 9.17) is 0 Å². The fourth-order valence-electron chi connectivity index (χ4n) is 3.65. The average Bonchev–Trinajstić information content (AvgIpc) is 3.28. The summed E-state index contributed by atoms with van der Waals surface area (Å²) in [5.74, 6) is -1.66. The summed E-state index contributed by atoms with van der Waals surface area (Å²) >= 11 is 1.23. The highest BCUT2D eigenvalue weighted by Gasteiger charge is 2.48. The first-order valence-electron chi connectivity index (χ1n) is 9.95. The molecule has 6 nitrogen and oxygen atoms in total. The number of hydrogen-bond donors (Lipinski definition) is 1. The SMILES string of the molecule is Cc1nnc(N2C(=O)C(=O)C(=C(O)c3ccccc3)[C@@H]2c2ccc(C(C)(C)C)cc2)s1. The maximum absolute atomic E-state index is 13.1. The Bertz CT molecular complexity index is 1170. The van der Waals surface area contributed by atoms with Gasteiger partial charge in [-0.05, 0) is 23.5 Å². The molecule has 2 aromatic carbocycles. The first-order valence-corrected chi connectivity index (χ1v) is 10.8. The van der Waals surface area contributed by atoms with Crippen molar-refractivity contribution < 1.29 is 14.7 Å². The van der Waals surface area contributed by atoms with E-state index in [1.54, 1.807) is 31.2 Å². The Morgan fingerprint density at radius 3 is 2.19 bits per heavy atom. The highest BCUT2D eigenvalue weighted by atomic mass is 32.1. The van der Waals surface area contributed by atoms with Crippen LogP contribution in [0.5, 0.6) is 0 Å². The van der Waals surface area contributed by atoms with Gasteiger partial charge in [0.05, 0.1) is 11.6 Å². The monoisotopic (exact) mass is 433 g/mol. The van der Waals surface area contributed by atoms with Crippen LogP contribution in [0.25, 0.3) is 5.76 Å². The maximum atomic E-state index is 13.1. The topological polar surface area (TPSA) is 83.4 Å². The summed E-state index contributed by atoms with van der Waals surface area (Å²) in [4.78, 5) is 27.4. The van der Waals surface area contributed by atoms with Gasteiger partial charge in [0.15, 0.2) is 0 Å². The maximum Gasteiger partial charge on any atom is 0.301 e. The smallest absolute Gasteiger partial charge is 0.301 e. The van der Waals surface area contributed by atoms with Crippen molar-refractivity contribution in [3.05, 3.63) is 81.9 Å². The number of nitrogens with zero attached hydrogens (tertiary/aromatic N) is 3. The molecular formula is C24H23N3O3S. The third kappa shape index (κ3) is 3.77. The Hall–Kier alpha value is -3.32. The molecule has 1 fully saturated rings. The summed E-state index contributed by atoms with van der Waals surface area (Å²) in [7, 11) is 0. The number of hydrogen-bond acceptors (Lipinski definition) is 6. The van der Waals surface area contributed by atoms with Crippen LogP contribution < -0.4 is 4.90 Å². The molecule has 158 valence electrons. The number of carbonyl (C=O) groups excluding carboxylic acids is 2. The van der Waals surface area contributed by atoms with Gasteiger partial charge in [-0.2, -0.15) is 0 Å². The van der Waals surface area contributed by atoms with Crippen molar-refractivity contribution in [2.45, 2.75) is 39.2 Å². The lowest BCUT2D eigenvalue weighted by molar-refractivity contribution is -0.132. The number of aromatic nitrogens is 2. The van der Waals surface area contributed by atoms with Gasteiger partial charge in [0.1, 0.15) is 10.8 Å². The average molecular weight is 434 g/mol. The standard InChI is InChI=1S/C24H23N3O3S/c1-14-25-26-23(31-14)27-19(15-10-12-17(13-11-15)24(2,3)4)18(21(29)22(27)30)20(28)16-8-6-5-7-9-16/h5-13,19,28H,1-4H3/t19-/m0/s1. The van der Waals surface area contributed by atoms with Crippen LogP contribution in [0.2, 0.25) is 0 Å². The molecule has 0 spiro atoms. The van der Waals surface area contributed by atoms with E-state index in [9.17, 15) is 14.7 Å². The minimum Gasteiger partial charge on any atom is -0.507 e. The fourth-order valence-corrected chi connectivity index (χ4v) is 4.36. The van der Waals surface area contributed by atoms with E-state index < -0.39 is 17.7 Å². The highest BCUT2D eigenvalue weighted by Crippen LogP contribution is 2.43. The zero-order valence-corrected chi connectivity index (χ0v) is 18.6. The predicted molar refractivity (Wildman–Crippen MR) is 121 cm³/mol. The number of rotatable bonds is 3. The van der Waals surface area contributed by atoms with E-state index in [1.807, 2.05) is 30.3 Å². The minimum absolute atomic E-state index is 0.0410. The van der Waals surface area contributed by atoms with E-state index in [1.165, 1.54) is 16.2 Å². The van der Waals surface area contributed by atoms with Crippen LogP contribution in [0.15, 0.2) is 60.2 Å². The molecule has 0 aliphatic carbocycles. The summed E-state index contributed by atoms with van der Waals surface area (Å²) in [5, 5.41) is 20.2. The number of ketones is 1. The van der Waals surface area contributed by atoms with Crippen LogP contribution >= 0.6 is 11.3 Å². The molecule has 4 rings (SSSR count). The first kappa shape index (κ1) is 20.9. The predicted octanol–water partition coefficient (Wildman–Crippen LogP) is 4.77. The Morgan fingerprint density at radius 2 is 1.65 bits per heavy atom. The van der Waals surface area contributed by atoms with Gasteiger partial charge in [-0.3, -0.25) is 14.5 Å². The molecule has 1 N–H and O–H groups in total. The molecule has 0 bridgehead atoms. The first-order chi connectivity index (χ1) is 14.7. The number of Topliss-reactive ketones (excluding diaryl/α,β-unsaturated/α-hetero) is 1. The molecule has 0 radical (unpaired) electrons. The van der Waals surface area contributed by atoms with Crippen molar-refractivity contribution in [3.8, 4) is 0 Å². The number of aryl methyl sites for hydroxylation is 1. The lowest BCUT2D eigenvalue weighted by atomic mass is 9.85. The van der Waals surface area contributed by atoms with Gasteiger partial charge in [0.2, 0.25) is 5.13 Å². The highest BCUT2D eigenvalue weighted by molar-refractivity contribution is 7.15. The van der Waals surface area contributed by atoms with Crippen molar-refractivity contribution in [2.75, 3.05) is 4.90 Å². The molecule has 1 aliphatic rings. The van der Waals surface area contributed by atoms with Gasteiger partial charge < -0.3 is 5.11 Å². The van der Waals surface area contributed by atoms with Crippen molar-refractivity contribution in [2.24, 2.45) is 0 Å². The van der Waals surface area contributed by atoms with Crippen molar-refractivity contribution in [1.82, 2.24) is 10.2 Å². The fraction of sp³-hybridized carbons (Fsp3) is 0.250. The van der Waals surface area contributed by atoms with Crippen molar-refractivity contribution >= 4 is 33.9 Å². The summed E-state index contributed by atoms with van der Waals surface area (Å²) in [5.41, 5.74) is 2.33. The molecule has 0 saturated carbocycles. The van der Waals surface area contributed by atoms with E-state index in [0.29, 0.717) is 15.7 Å². The van der Waals surface area contributed by atoms with Gasteiger partial charge in [-0.15, -0.1) is 10.2 Å². The molecular weight excluding hydrogens is 410 g/mol. The van der Waals surface area contributed by atoms with Gasteiger partial charge >= 0.3 is 5.91 Å². The third-order valence-electron chi connectivity index (χ3n) is 5.31. The van der Waals surface area contributed by atoms with E-state index >= 15 is 0 Å². The normalized spacial score (nSPS) is 18.6. The summed E-state index contributed by atoms with van der Waals surface area (Å²) in [6, 6.07) is 15.8.